The number of benzene rings is 2. The number of hydrogen-bond acceptors (Lipinski definition) is 8. The molecule has 0 radical (unpaired) electrons. The minimum absolute atomic E-state index is 0.0373. The number of nitrogens with zero attached hydrogens (tertiary/aromatic N) is 6. The van der Waals surface area contributed by atoms with Crippen molar-refractivity contribution in [1.29, 1.82) is 0 Å². The molecule has 2 aliphatic heterocycles. The molecule has 2 saturated heterocycles. The lowest BCUT2D eigenvalue weighted by Gasteiger charge is -2.22. The van der Waals surface area contributed by atoms with E-state index in [0.717, 1.165) is 86.1 Å². The summed E-state index contributed by atoms with van der Waals surface area (Å²) in [6.07, 6.45) is 19.2. The van der Waals surface area contributed by atoms with Crippen LogP contribution >= 0.6 is 11.6 Å². The van der Waals surface area contributed by atoms with Crippen LogP contribution in [0.1, 0.15) is 135 Å². The smallest absolute Gasteiger partial charge is 0.270 e. The molecule has 4 heterocycles. The first-order valence-electron chi connectivity index (χ1n) is 23.0. The average Bonchev–Trinajstić information content (AvgIpc) is 4.13. The molecule has 4 aromatic rings. The predicted octanol–water partition coefficient (Wildman–Crippen LogP) is 8.77. The highest BCUT2D eigenvalue weighted by Crippen LogP contribution is 2.22. The largest absolute Gasteiger partial charge is 0.508 e. The summed E-state index contributed by atoms with van der Waals surface area (Å²) in [4.78, 5) is 30.4. The third-order valence-corrected chi connectivity index (χ3v) is 12.3. The van der Waals surface area contributed by atoms with Gasteiger partial charge in [0.2, 0.25) is 0 Å². The molecule has 0 spiro atoms. The highest BCUT2D eigenvalue weighted by Gasteiger charge is 2.22. The van der Waals surface area contributed by atoms with E-state index in [9.17, 15) is 14.7 Å². The summed E-state index contributed by atoms with van der Waals surface area (Å²) < 4.78 is 9.28. The van der Waals surface area contributed by atoms with E-state index in [1.54, 1.807) is 39.7 Å². The van der Waals surface area contributed by atoms with E-state index in [1.807, 2.05) is 44.2 Å². The lowest BCUT2D eigenvalue weighted by atomic mass is 9.95. The van der Waals surface area contributed by atoms with Crippen LogP contribution in [0.15, 0.2) is 60.7 Å². The minimum Gasteiger partial charge on any atom is -0.508 e. The Bertz CT molecular complexity index is 1910. The molecule has 332 valence electrons. The lowest BCUT2D eigenvalue weighted by Crippen LogP contribution is -2.37. The molecule has 0 bridgehead atoms. The first kappa shape index (κ1) is 46.1. The number of aryl methyl sites for hydroxylation is 2. The molecule has 8 rings (SSSR count). The third kappa shape index (κ3) is 14.6. The molecule has 2 aromatic carbocycles. The van der Waals surface area contributed by atoms with E-state index in [2.05, 4.69) is 30.6 Å². The van der Waals surface area contributed by atoms with Crippen LogP contribution in [0.2, 0.25) is 0 Å². The third-order valence-electron chi connectivity index (χ3n) is 12.1. The van der Waals surface area contributed by atoms with Crippen molar-refractivity contribution in [2.24, 2.45) is 0 Å². The van der Waals surface area contributed by atoms with E-state index >= 15 is 0 Å². The molecule has 2 aromatic heterocycles. The van der Waals surface area contributed by atoms with Gasteiger partial charge in [-0.15, -0.1) is 11.6 Å². The topological polar surface area (TPSA) is 130 Å². The molecular weight excluding hydrogens is 788 g/mol. The average molecular weight is 858 g/mol. The van der Waals surface area contributed by atoms with Crippen LogP contribution < -0.4 is 15.4 Å². The zero-order chi connectivity index (χ0) is 42.8. The van der Waals surface area contributed by atoms with Crippen molar-refractivity contribution in [2.45, 2.75) is 129 Å². The summed E-state index contributed by atoms with van der Waals surface area (Å²) in [5, 5.41) is 24.7. The Labute approximate surface area is 368 Å². The molecule has 2 amide bonds. The molecule has 4 aliphatic rings. The van der Waals surface area contributed by atoms with Crippen molar-refractivity contribution in [3.05, 3.63) is 83.4 Å². The van der Waals surface area contributed by atoms with Crippen molar-refractivity contribution < 1.29 is 19.4 Å². The number of halogens is 1. The summed E-state index contributed by atoms with van der Waals surface area (Å²) in [5.74, 6) is 1.75. The Hall–Kier alpha value is -4.39. The molecule has 12 nitrogen and oxygen atoms in total. The Kier molecular flexibility index (Phi) is 18.4. The van der Waals surface area contributed by atoms with Crippen LogP contribution in [0.5, 0.6) is 11.5 Å². The normalized spacial score (nSPS) is 17.6. The van der Waals surface area contributed by atoms with E-state index in [-0.39, 0.29) is 29.6 Å². The van der Waals surface area contributed by atoms with Gasteiger partial charge in [0, 0.05) is 24.5 Å². The fraction of sp³-hybridized carbons (Fsp3) is 0.583. The van der Waals surface area contributed by atoms with Gasteiger partial charge < -0.3 is 30.3 Å². The standard InChI is InChI=1S/C24H34N4O2.C17H21N3O2.C7H14ClN/c1-19-18-23(24(29)25-20-8-3-2-4-9-20)28(26-19)21-10-12-22(13-11-21)30-17-7-16-27-14-5-6-15-27;1-12-11-16(17(22)18-13-5-3-2-4-6-13)20(19-12)14-7-9-15(21)10-8-14;8-4-3-7-9-5-1-2-6-9/h10-13,18,20H,2-9,14-17H2,1H3,(H,25,29);7-11,13,21H,2-6H2,1H3,(H,18,22);1-7H2. The van der Waals surface area contributed by atoms with Crippen LogP contribution in [0.4, 0.5) is 0 Å². The van der Waals surface area contributed by atoms with E-state index in [4.69, 9.17) is 16.3 Å². The summed E-state index contributed by atoms with van der Waals surface area (Å²) >= 11 is 5.55. The van der Waals surface area contributed by atoms with Gasteiger partial charge in [-0.2, -0.15) is 10.2 Å². The summed E-state index contributed by atoms with van der Waals surface area (Å²) in [6, 6.07) is 18.8. The number of alkyl halides is 1. The monoisotopic (exact) mass is 857 g/mol. The van der Waals surface area contributed by atoms with Crippen molar-refractivity contribution in [3.63, 3.8) is 0 Å². The number of hydrogen-bond donors (Lipinski definition) is 3. The highest BCUT2D eigenvalue weighted by molar-refractivity contribution is 6.17. The summed E-state index contributed by atoms with van der Waals surface area (Å²) in [6.45, 7) is 11.9. The van der Waals surface area contributed by atoms with Gasteiger partial charge in [-0.1, -0.05) is 38.5 Å². The van der Waals surface area contributed by atoms with Crippen LogP contribution in [0, 0.1) is 13.8 Å². The van der Waals surface area contributed by atoms with Crippen LogP contribution in [-0.2, 0) is 0 Å². The fourth-order valence-electron chi connectivity index (χ4n) is 8.78. The second-order valence-electron chi connectivity index (χ2n) is 17.1. The van der Waals surface area contributed by atoms with E-state index in [1.165, 1.54) is 96.9 Å². The first-order chi connectivity index (χ1) is 29.7. The molecule has 3 N–H and O–H groups in total. The van der Waals surface area contributed by atoms with E-state index < -0.39 is 0 Å². The molecule has 13 heteroatoms. The molecule has 0 unspecified atom stereocenters. The predicted molar refractivity (Wildman–Crippen MR) is 244 cm³/mol. The van der Waals surface area contributed by atoms with Gasteiger partial charge in [-0.05, 0) is 171 Å². The summed E-state index contributed by atoms with van der Waals surface area (Å²) in [5.41, 5.74) is 4.40. The zero-order valence-electron chi connectivity index (χ0n) is 36.6. The van der Waals surface area contributed by atoms with Gasteiger partial charge in [0.25, 0.3) is 11.8 Å². The van der Waals surface area contributed by atoms with Crippen molar-refractivity contribution in [3.8, 4) is 22.9 Å². The van der Waals surface area contributed by atoms with Crippen molar-refractivity contribution in [1.82, 2.24) is 40.0 Å². The van der Waals surface area contributed by atoms with Gasteiger partial charge in [0.05, 0.1) is 29.4 Å². The Morgan fingerprint density at radius 2 is 1.07 bits per heavy atom. The van der Waals surface area contributed by atoms with Crippen LogP contribution in [0.3, 0.4) is 0 Å². The second-order valence-corrected chi connectivity index (χ2v) is 17.5. The Balaban J connectivity index is 0.000000175. The molecule has 2 aliphatic carbocycles. The maximum atomic E-state index is 12.9. The molecule has 61 heavy (non-hydrogen) atoms. The molecular formula is C48H69ClN8O4. The quantitative estimate of drug-likeness (QED) is 0.0849. The van der Waals surface area contributed by atoms with Gasteiger partial charge >= 0.3 is 0 Å². The van der Waals surface area contributed by atoms with Crippen LogP contribution in [-0.4, -0.2) is 110 Å². The number of phenols is 1. The number of carbonyl (C=O) groups excluding carboxylic acids is 2. The SMILES string of the molecule is Cc1cc(C(=O)NC2CCCCC2)n(-c2ccc(O)cc2)n1.Cc1cc(C(=O)NC2CCCCC2)n(-c2ccc(OCCCN3CCCC3)cc2)n1.ClCCCN1CCCC1. The number of likely N-dealkylation sites (tertiary alicyclic amines) is 2. The number of ether oxygens (including phenoxy) is 1. The Morgan fingerprint density at radius 1 is 0.639 bits per heavy atom. The Morgan fingerprint density at radius 3 is 1.51 bits per heavy atom. The maximum Gasteiger partial charge on any atom is 0.270 e. The molecule has 2 saturated carbocycles. The van der Waals surface area contributed by atoms with Gasteiger partial charge in [-0.3, -0.25) is 9.59 Å². The lowest BCUT2D eigenvalue weighted by molar-refractivity contribution is 0.0911. The second kappa shape index (κ2) is 24.3. The van der Waals surface area contributed by atoms with E-state index in [0.29, 0.717) is 11.4 Å². The van der Waals surface area contributed by atoms with Gasteiger partial charge in [0.15, 0.2) is 0 Å². The first-order valence-corrected chi connectivity index (χ1v) is 23.6. The molecule has 0 atom stereocenters. The van der Waals surface area contributed by atoms with Gasteiger partial charge in [0.1, 0.15) is 22.9 Å². The van der Waals surface area contributed by atoms with Crippen LogP contribution in [0.25, 0.3) is 11.4 Å². The summed E-state index contributed by atoms with van der Waals surface area (Å²) in [7, 11) is 0. The number of aromatic nitrogens is 4. The maximum absolute atomic E-state index is 12.9. The zero-order valence-corrected chi connectivity index (χ0v) is 37.4. The number of carbonyl (C=O) groups is 2. The highest BCUT2D eigenvalue weighted by atomic mass is 35.5. The number of rotatable bonds is 14. The number of nitrogens with one attached hydrogen (secondary N) is 2. The fourth-order valence-corrected chi connectivity index (χ4v) is 8.90. The van der Waals surface area contributed by atoms with Crippen molar-refractivity contribution in [2.75, 3.05) is 51.8 Å². The molecule has 4 fully saturated rings. The van der Waals surface area contributed by atoms with Gasteiger partial charge in [-0.25, -0.2) is 9.36 Å². The van der Waals surface area contributed by atoms with Crippen molar-refractivity contribution >= 4 is 23.4 Å². The minimum atomic E-state index is -0.0828. The number of amides is 2. The number of aromatic hydroxyl groups is 1. The number of phenolic OH excluding ortho intramolecular Hbond substituents is 1.